The molecule has 1 aliphatic rings. The van der Waals surface area contributed by atoms with Crippen molar-refractivity contribution in [2.75, 3.05) is 9.80 Å². The van der Waals surface area contributed by atoms with Gasteiger partial charge in [0.05, 0.1) is 20.6 Å². The number of aromatic nitrogens is 2. The quantitative estimate of drug-likeness (QED) is 0.135. The maximum atomic E-state index is 9.05. The van der Waals surface area contributed by atoms with Crippen molar-refractivity contribution < 1.29 is 46.4 Å². The Morgan fingerprint density at radius 2 is 1.13 bits per heavy atom. The number of rotatable bonds is 9. The van der Waals surface area contributed by atoms with Gasteiger partial charge >= 0.3 is 0 Å². The van der Waals surface area contributed by atoms with Gasteiger partial charge in [-0.05, 0) is 70.0 Å². The zero-order valence-corrected chi connectivity index (χ0v) is 37.6. The van der Waals surface area contributed by atoms with Gasteiger partial charge < -0.3 is 19.1 Å². The van der Waals surface area contributed by atoms with Gasteiger partial charge in [0, 0.05) is 78.0 Å². The zero-order chi connectivity index (χ0) is 57.0. The summed E-state index contributed by atoms with van der Waals surface area (Å²) in [7, 11) is 0. The number of pyridine rings is 1. The number of hydrogen-bond acceptors (Lipinski definition) is 4. The van der Waals surface area contributed by atoms with Crippen molar-refractivity contribution in [1.82, 2.24) is 9.55 Å². The summed E-state index contributed by atoms with van der Waals surface area (Å²) in [5, 5.41) is 1.73. The third-order valence-corrected chi connectivity index (χ3v) is 11.5. The number of fused-ring (bicyclic) bond motifs is 4. The largest absolute Gasteiger partial charge is 0.509 e. The first-order valence-electron chi connectivity index (χ1n) is 28.5. The van der Waals surface area contributed by atoms with E-state index in [0.29, 0.717) is 45.3 Å². The van der Waals surface area contributed by atoms with Crippen LogP contribution in [0.5, 0.6) is 11.5 Å². The maximum absolute atomic E-state index is 9.05. The summed E-state index contributed by atoms with van der Waals surface area (Å²) in [5.74, 6) is 1.09. The minimum Gasteiger partial charge on any atom is -0.509 e. The summed E-state index contributed by atoms with van der Waals surface area (Å²) in [6.07, 6.45) is 1.52. The monoisotopic (exact) mass is 1060 g/mol. The van der Waals surface area contributed by atoms with E-state index in [4.69, 9.17) is 30.3 Å². The Morgan fingerprint density at radius 1 is 0.522 bits per heavy atom. The molecule has 12 rings (SSSR count). The number of ether oxygens (including phenoxy) is 1. The molecule has 0 aliphatic carbocycles. The maximum Gasteiger partial charge on any atom is 0.135 e. The second-order valence-electron chi connectivity index (χ2n) is 15.4. The van der Waals surface area contributed by atoms with Crippen LogP contribution in [0.4, 0.5) is 22.7 Å². The standard InChI is InChI=1S/C61H41N4O.Pt/c1-42-36-60(62-40-55(42)46-24-12-5-13-25-46)65-56-35-32-47(43-18-6-2-7-19-43)37-54(56)53-34-33-50(39-59(53)65)66-49-27-16-26-48(38-49)63-41-64(58-31-15-14-30-57(58)63)61-51(44-20-8-3-9-21-44)28-17-29-52(61)45-22-10-4-11-23-45;/h2-37,40-41H,1H3;/q-3;/i3D,4D,5D,8D,9D,10D,11D,12D,13D,20D,21D,22D,23D,24D,25D;. The first-order chi connectivity index (χ1) is 38.9. The van der Waals surface area contributed by atoms with E-state index in [9.17, 15) is 0 Å². The third-order valence-electron chi connectivity index (χ3n) is 11.5. The van der Waals surface area contributed by atoms with Crippen LogP contribution in [-0.2, 0) is 21.1 Å². The summed E-state index contributed by atoms with van der Waals surface area (Å²) in [6.45, 7) is 3.50. The fourth-order valence-corrected chi connectivity index (χ4v) is 8.55. The van der Waals surface area contributed by atoms with E-state index in [1.165, 1.54) is 6.20 Å². The van der Waals surface area contributed by atoms with Crippen LogP contribution in [-0.4, -0.2) is 9.55 Å². The zero-order valence-electron chi connectivity index (χ0n) is 50.3. The summed E-state index contributed by atoms with van der Waals surface area (Å²) >= 11 is 0. The topological polar surface area (TPSA) is 33.5 Å². The van der Waals surface area contributed by atoms with Crippen molar-refractivity contribution >= 4 is 44.6 Å². The van der Waals surface area contributed by atoms with Crippen LogP contribution >= 0.6 is 0 Å². The van der Waals surface area contributed by atoms with Gasteiger partial charge in [-0.2, -0.15) is 12.1 Å². The van der Waals surface area contributed by atoms with Crippen LogP contribution in [0, 0.1) is 25.7 Å². The van der Waals surface area contributed by atoms with Crippen LogP contribution < -0.4 is 14.5 Å². The summed E-state index contributed by atoms with van der Waals surface area (Å²) in [5.41, 5.74) is 6.24. The second-order valence-corrected chi connectivity index (χ2v) is 15.4. The average Bonchev–Trinajstić information content (AvgIpc) is 3.31. The van der Waals surface area contributed by atoms with Gasteiger partial charge in [-0.25, -0.2) is 4.98 Å². The van der Waals surface area contributed by atoms with E-state index in [0.717, 1.165) is 27.4 Å². The molecule has 0 fully saturated rings. The predicted octanol–water partition coefficient (Wildman–Crippen LogP) is 16.0. The van der Waals surface area contributed by atoms with Crippen LogP contribution in [0.3, 0.4) is 0 Å². The van der Waals surface area contributed by atoms with Gasteiger partial charge in [-0.15, -0.1) is 48.1 Å². The van der Waals surface area contributed by atoms with Gasteiger partial charge in [0.1, 0.15) is 5.82 Å². The molecule has 324 valence electrons. The minimum absolute atomic E-state index is 0. The van der Waals surface area contributed by atoms with E-state index >= 15 is 0 Å². The summed E-state index contributed by atoms with van der Waals surface area (Å²) in [4.78, 5) is 8.38. The van der Waals surface area contributed by atoms with E-state index in [-0.39, 0.29) is 72.4 Å². The SMILES string of the molecule is [2H]c1c([2H])c([2H])c(-c2cnc(-n3c4[c-]c(Oc5[c-]c(N6[CH-]N(c7c(-c8c([2H])c([2H])c([2H])c([2H])c8[2H])cccc7-c7c([2H])c([2H])c([2H])c([2H])c7[2H])c7ccccc76)ccc5)ccc4c4cc(-c5ccccc5)ccc43)cc2C)c([2H])c1[2H].[Pt]. The van der Waals surface area contributed by atoms with Gasteiger partial charge in [-0.1, -0.05) is 169 Å². The van der Waals surface area contributed by atoms with Crippen molar-refractivity contribution in [3.8, 4) is 61.8 Å². The van der Waals surface area contributed by atoms with Crippen LogP contribution in [0.2, 0.25) is 0 Å². The number of nitrogens with zero attached hydrogens (tertiary/aromatic N) is 4. The molecule has 67 heavy (non-hydrogen) atoms. The molecule has 6 heteroatoms. The van der Waals surface area contributed by atoms with Crippen LogP contribution in [0.1, 0.15) is 26.1 Å². The van der Waals surface area contributed by atoms with Crippen LogP contribution in [0.25, 0.3) is 72.1 Å². The molecule has 11 aromatic rings. The number of benzene rings is 9. The molecule has 0 saturated heterocycles. The van der Waals surface area contributed by atoms with Gasteiger partial charge in [0.2, 0.25) is 0 Å². The predicted molar refractivity (Wildman–Crippen MR) is 271 cm³/mol. The molecule has 0 radical (unpaired) electrons. The number of para-hydroxylation sites is 3. The first kappa shape index (κ1) is 28.1. The second kappa shape index (κ2) is 17.8. The molecule has 3 heterocycles. The summed E-state index contributed by atoms with van der Waals surface area (Å²) in [6, 6.07) is 38.4. The Labute approximate surface area is 426 Å². The Hall–Kier alpha value is -7.98. The van der Waals surface area contributed by atoms with Crippen LogP contribution in [0.15, 0.2) is 224 Å². The van der Waals surface area contributed by atoms with Gasteiger partial charge in [0.25, 0.3) is 0 Å². The van der Waals surface area contributed by atoms with Crippen molar-refractivity contribution in [1.29, 1.82) is 0 Å². The van der Waals surface area contributed by atoms with E-state index in [1.54, 1.807) is 67.0 Å². The van der Waals surface area contributed by atoms with Crippen molar-refractivity contribution in [2.24, 2.45) is 0 Å². The molecular formula is C61H41N4OPt-3. The molecule has 0 bridgehead atoms. The van der Waals surface area contributed by atoms with E-state index < -0.39 is 78.6 Å². The Morgan fingerprint density at radius 3 is 1.81 bits per heavy atom. The molecule has 0 amide bonds. The first-order valence-corrected chi connectivity index (χ1v) is 21.0. The molecule has 0 unspecified atom stereocenters. The van der Waals surface area contributed by atoms with Crippen molar-refractivity contribution in [2.45, 2.75) is 6.92 Å². The number of hydrogen-bond donors (Lipinski definition) is 0. The molecule has 0 spiro atoms. The van der Waals surface area contributed by atoms with Crippen molar-refractivity contribution in [3.05, 3.63) is 249 Å². The molecule has 2 aromatic heterocycles. The molecular weight excluding hydrogens is 1000 g/mol. The molecule has 5 nitrogen and oxygen atoms in total. The number of aryl methyl sites for hydroxylation is 1. The number of anilines is 4. The van der Waals surface area contributed by atoms with Gasteiger partial charge in [0.15, 0.2) is 0 Å². The van der Waals surface area contributed by atoms with E-state index in [1.807, 2.05) is 82.3 Å². The van der Waals surface area contributed by atoms with E-state index in [2.05, 4.69) is 18.2 Å². The smallest absolute Gasteiger partial charge is 0.135 e. The molecule has 0 N–H and O–H groups in total. The Kier molecular flexibility index (Phi) is 7.47. The fourth-order valence-electron chi connectivity index (χ4n) is 8.55. The van der Waals surface area contributed by atoms with Crippen molar-refractivity contribution in [3.63, 3.8) is 0 Å². The Bertz CT molecular complexity index is 4310. The van der Waals surface area contributed by atoms with Gasteiger partial charge in [-0.3, -0.25) is 0 Å². The Balaban J connectivity index is 0.00000705. The molecule has 1 aliphatic heterocycles. The minimum atomic E-state index is -0.592. The fraction of sp³-hybridized carbons (Fsp3) is 0.0164. The molecule has 0 saturated carbocycles. The molecule has 9 aromatic carbocycles. The average molecular weight is 1060 g/mol. The molecule has 0 atom stereocenters. The normalized spacial score (nSPS) is 15.1. The third kappa shape index (κ3) is 7.68. The summed E-state index contributed by atoms with van der Waals surface area (Å²) < 4.78 is 138.